The van der Waals surface area contributed by atoms with Crippen molar-refractivity contribution in [3.8, 4) is 0 Å². The Morgan fingerprint density at radius 1 is 1.27 bits per heavy atom. The lowest BCUT2D eigenvalue weighted by Crippen LogP contribution is -2.30. The van der Waals surface area contributed by atoms with E-state index in [1.807, 2.05) is 11.7 Å². The van der Waals surface area contributed by atoms with E-state index in [1.54, 1.807) is 0 Å². The first-order chi connectivity index (χ1) is 6.68. The maximum Gasteiger partial charge on any atom is 0.0680 e. The predicted molar refractivity (Wildman–Crippen MR) is 64.0 cm³/mol. The van der Waals surface area contributed by atoms with Crippen LogP contribution in [-0.4, -0.2) is 16.3 Å². The Morgan fingerprint density at radius 2 is 1.80 bits per heavy atom. The lowest BCUT2D eigenvalue weighted by atomic mass is 9.86. The van der Waals surface area contributed by atoms with Gasteiger partial charge in [-0.05, 0) is 6.07 Å². The molecular formula is C12H23N3. The highest BCUT2D eigenvalue weighted by Crippen LogP contribution is 2.27. The average molecular weight is 209 g/mol. The molecule has 1 aromatic heterocycles. The van der Waals surface area contributed by atoms with Gasteiger partial charge in [0.15, 0.2) is 0 Å². The van der Waals surface area contributed by atoms with Gasteiger partial charge in [-0.25, -0.2) is 0 Å². The zero-order valence-electron chi connectivity index (χ0n) is 10.8. The summed E-state index contributed by atoms with van der Waals surface area (Å²) in [6, 6.07) is 2.17. The number of nitrogens with two attached hydrogens (primary N) is 1. The van der Waals surface area contributed by atoms with Gasteiger partial charge in [0.25, 0.3) is 0 Å². The molecule has 0 saturated heterocycles. The molecule has 0 bridgehead atoms. The first-order valence-corrected chi connectivity index (χ1v) is 5.43. The third-order valence-corrected chi connectivity index (χ3v) is 2.85. The molecule has 3 nitrogen and oxygen atoms in total. The number of aryl methyl sites for hydroxylation is 1. The molecular weight excluding hydrogens is 186 g/mol. The summed E-state index contributed by atoms with van der Waals surface area (Å²) >= 11 is 0. The molecule has 15 heavy (non-hydrogen) atoms. The summed E-state index contributed by atoms with van der Waals surface area (Å²) in [5.74, 6) is 0. The lowest BCUT2D eigenvalue weighted by molar-refractivity contribution is 0.484. The highest BCUT2D eigenvalue weighted by Gasteiger charge is 2.26. The van der Waals surface area contributed by atoms with E-state index in [2.05, 4.69) is 45.8 Å². The van der Waals surface area contributed by atoms with Gasteiger partial charge in [-0.15, -0.1) is 0 Å². The Labute approximate surface area is 92.7 Å². The number of hydrogen-bond donors (Lipinski definition) is 1. The van der Waals surface area contributed by atoms with Crippen LogP contribution in [0.15, 0.2) is 6.07 Å². The van der Waals surface area contributed by atoms with Crippen molar-refractivity contribution < 1.29 is 0 Å². The van der Waals surface area contributed by atoms with E-state index >= 15 is 0 Å². The van der Waals surface area contributed by atoms with E-state index in [-0.39, 0.29) is 10.8 Å². The van der Waals surface area contributed by atoms with Gasteiger partial charge in [0.05, 0.1) is 5.69 Å². The molecule has 0 spiro atoms. The minimum atomic E-state index is -0.00868. The molecule has 0 amide bonds. The van der Waals surface area contributed by atoms with E-state index in [4.69, 9.17) is 5.73 Å². The molecule has 0 aromatic carbocycles. The van der Waals surface area contributed by atoms with E-state index in [0.29, 0.717) is 6.54 Å². The molecule has 1 rings (SSSR count). The molecule has 0 atom stereocenters. The van der Waals surface area contributed by atoms with Crippen LogP contribution in [0, 0.1) is 0 Å². The third kappa shape index (κ3) is 2.40. The van der Waals surface area contributed by atoms with Gasteiger partial charge < -0.3 is 5.73 Å². The first-order valence-electron chi connectivity index (χ1n) is 5.43. The molecule has 0 fully saturated rings. The van der Waals surface area contributed by atoms with Crippen LogP contribution in [0.5, 0.6) is 0 Å². The highest BCUT2D eigenvalue weighted by atomic mass is 15.3. The Bertz CT molecular complexity index is 342. The maximum absolute atomic E-state index is 5.78. The Kier molecular flexibility index (Phi) is 2.97. The monoisotopic (exact) mass is 209 g/mol. The molecule has 3 heteroatoms. The quantitative estimate of drug-likeness (QED) is 0.809. The van der Waals surface area contributed by atoms with Crippen LogP contribution in [0.4, 0.5) is 0 Å². The second-order valence-electron chi connectivity index (χ2n) is 5.88. The second kappa shape index (κ2) is 3.63. The molecule has 0 aliphatic heterocycles. The summed E-state index contributed by atoms with van der Waals surface area (Å²) in [5.41, 5.74) is 8.20. The Morgan fingerprint density at radius 3 is 2.13 bits per heavy atom. The van der Waals surface area contributed by atoms with Crippen molar-refractivity contribution in [2.45, 2.75) is 45.4 Å². The van der Waals surface area contributed by atoms with Gasteiger partial charge in [0, 0.05) is 30.1 Å². The van der Waals surface area contributed by atoms with Crippen molar-refractivity contribution in [3.05, 3.63) is 17.5 Å². The standard InChI is InChI=1S/C12H23N3/c1-11(2,3)9-7-10(15(6)14-9)12(4,5)8-13/h7H,8,13H2,1-6H3. The summed E-state index contributed by atoms with van der Waals surface area (Å²) in [7, 11) is 1.99. The van der Waals surface area contributed by atoms with E-state index in [1.165, 1.54) is 5.69 Å². The fraction of sp³-hybridized carbons (Fsp3) is 0.750. The molecule has 0 radical (unpaired) electrons. The van der Waals surface area contributed by atoms with Gasteiger partial charge in [-0.1, -0.05) is 34.6 Å². The largest absolute Gasteiger partial charge is 0.330 e. The van der Waals surface area contributed by atoms with Crippen LogP contribution in [0.25, 0.3) is 0 Å². The molecule has 1 heterocycles. The maximum atomic E-state index is 5.78. The van der Waals surface area contributed by atoms with E-state index < -0.39 is 0 Å². The first kappa shape index (κ1) is 12.2. The molecule has 1 aromatic rings. The third-order valence-electron chi connectivity index (χ3n) is 2.85. The van der Waals surface area contributed by atoms with Crippen LogP contribution in [-0.2, 0) is 17.9 Å². The molecule has 0 aliphatic carbocycles. The minimum absolute atomic E-state index is 0.00868. The summed E-state index contributed by atoms with van der Waals surface area (Å²) in [5, 5.41) is 4.56. The van der Waals surface area contributed by atoms with Crippen molar-refractivity contribution in [2.24, 2.45) is 12.8 Å². The molecule has 0 unspecified atom stereocenters. The molecule has 2 N–H and O–H groups in total. The van der Waals surface area contributed by atoms with Crippen LogP contribution >= 0.6 is 0 Å². The minimum Gasteiger partial charge on any atom is -0.330 e. The second-order valence-corrected chi connectivity index (χ2v) is 5.88. The average Bonchev–Trinajstić information content (AvgIpc) is 2.47. The van der Waals surface area contributed by atoms with Crippen molar-refractivity contribution in [1.82, 2.24) is 9.78 Å². The summed E-state index contributed by atoms with van der Waals surface area (Å²) in [4.78, 5) is 0. The summed E-state index contributed by atoms with van der Waals surface area (Å²) < 4.78 is 1.95. The fourth-order valence-corrected chi connectivity index (χ4v) is 1.57. The zero-order valence-corrected chi connectivity index (χ0v) is 10.8. The Balaban J connectivity index is 3.18. The van der Waals surface area contributed by atoms with Crippen LogP contribution < -0.4 is 5.73 Å². The van der Waals surface area contributed by atoms with Gasteiger partial charge in [0.1, 0.15) is 0 Å². The van der Waals surface area contributed by atoms with Gasteiger partial charge in [-0.3, -0.25) is 4.68 Å². The van der Waals surface area contributed by atoms with E-state index in [9.17, 15) is 0 Å². The summed E-state index contributed by atoms with van der Waals surface area (Å²) in [6.07, 6.45) is 0. The SMILES string of the molecule is Cn1nc(C(C)(C)C)cc1C(C)(C)CN. The van der Waals surface area contributed by atoms with Crippen molar-refractivity contribution in [1.29, 1.82) is 0 Å². The zero-order chi connectivity index (χ0) is 11.9. The van der Waals surface area contributed by atoms with Crippen LogP contribution in [0.1, 0.15) is 46.0 Å². The van der Waals surface area contributed by atoms with Crippen molar-refractivity contribution in [3.63, 3.8) is 0 Å². The molecule has 0 saturated carbocycles. The van der Waals surface area contributed by atoms with E-state index in [0.717, 1.165) is 5.69 Å². The van der Waals surface area contributed by atoms with Gasteiger partial charge in [-0.2, -0.15) is 5.10 Å². The molecule has 86 valence electrons. The topological polar surface area (TPSA) is 43.8 Å². The number of nitrogens with zero attached hydrogens (tertiary/aromatic N) is 2. The van der Waals surface area contributed by atoms with Crippen LogP contribution in [0.3, 0.4) is 0 Å². The lowest BCUT2D eigenvalue weighted by Gasteiger charge is -2.22. The number of rotatable bonds is 2. The van der Waals surface area contributed by atoms with Crippen molar-refractivity contribution >= 4 is 0 Å². The number of aromatic nitrogens is 2. The predicted octanol–water partition coefficient (Wildman–Crippen LogP) is 1.95. The molecule has 0 aliphatic rings. The van der Waals surface area contributed by atoms with Crippen molar-refractivity contribution in [2.75, 3.05) is 6.54 Å². The fourth-order valence-electron chi connectivity index (χ4n) is 1.57. The smallest absolute Gasteiger partial charge is 0.0680 e. The highest BCUT2D eigenvalue weighted by molar-refractivity contribution is 5.23. The van der Waals surface area contributed by atoms with Crippen LogP contribution in [0.2, 0.25) is 0 Å². The van der Waals surface area contributed by atoms with Gasteiger partial charge >= 0.3 is 0 Å². The normalized spacial score (nSPS) is 13.3. The van der Waals surface area contributed by atoms with Gasteiger partial charge in [0.2, 0.25) is 0 Å². The summed E-state index contributed by atoms with van der Waals surface area (Å²) in [6.45, 7) is 11.5. The number of hydrogen-bond acceptors (Lipinski definition) is 2. The Hall–Kier alpha value is -0.830.